The first-order valence-electron chi connectivity index (χ1n) is 51.7. The fourth-order valence-electron chi connectivity index (χ4n) is 16.9. The number of hydrogen-bond donors (Lipinski definition) is 0. The van der Waals surface area contributed by atoms with Crippen LogP contribution in [0.1, 0.15) is 119 Å². The Morgan fingerprint density at radius 3 is 0.632 bits per heavy atom. The summed E-state index contributed by atoms with van der Waals surface area (Å²) < 4.78 is 10.8. The summed E-state index contributed by atoms with van der Waals surface area (Å²) in [6.07, 6.45) is 20.7. The molecule has 4 saturated heterocycles. The summed E-state index contributed by atoms with van der Waals surface area (Å²) >= 11 is 11.8. The van der Waals surface area contributed by atoms with Crippen LogP contribution in [-0.2, 0) is 29.1 Å². The largest absolute Gasteiger partial charge is 0.379 e. The Kier molecular flexibility index (Phi) is 66.5. The molecule has 0 aromatic heterocycles. The molecule has 14 nitrogen and oxygen atoms in total. The highest BCUT2D eigenvalue weighted by atomic mass is 32.2. The van der Waals surface area contributed by atoms with E-state index in [1.54, 1.807) is 0 Å². The van der Waals surface area contributed by atoms with Gasteiger partial charge in [0.15, 0.2) is 0 Å². The maximum absolute atomic E-state index is 5.45. The van der Waals surface area contributed by atoms with Crippen LogP contribution in [0.3, 0.4) is 0 Å². The van der Waals surface area contributed by atoms with E-state index in [1.807, 2.05) is 70.6 Å². The minimum Gasteiger partial charge on any atom is -0.379 e. The number of morpholine rings is 2. The predicted molar refractivity (Wildman–Crippen MR) is 599 cm³/mol. The molecule has 4 heterocycles. The average molecular weight is 1960 g/mol. The Hall–Kier alpha value is -5.48. The summed E-state index contributed by atoms with van der Waals surface area (Å²) in [6.45, 7) is 38.1. The van der Waals surface area contributed by atoms with Gasteiger partial charge in [-0.25, -0.2) is 0 Å². The maximum atomic E-state index is 5.45. The number of nitrogens with zero attached hydrogens (tertiary/aromatic N) is 12. The Morgan fingerprint density at radius 2 is 0.390 bits per heavy atom. The van der Waals surface area contributed by atoms with E-state index in [1.165, 1.54) is 314 Å². The molecule has 4 aliphatic heterocycles. The van der Waals surface area contributed by atoms with Crippen LogP contribution in [0.4, 0.5) is 0 Å². The molecule has 0 radical (unpaired) electrons. The number of rotatable bonds is 60. The van der Waals surface area contributed by atoms with Gasteiger partial charge in [0.2, 0.25) is 0 Å². The van der Waals surface area contributed by atoms with Crippen molar-refractivity contribution in [3.63, 3.8) is 0 Å². The molecule has 136 heavy (non-hydrogen) atoms. The minimum atomic E-state index is 0.893. The van der Waals surface area contributed by atoms with E-state index in [2.05, 4.69) is 381 Å². The zero-order chi connectivity index (χ0) is 95.5. The summed E-state index contributed by atoms with van der Waals surface area (Å²) in [6, 6.07) is 96.9. The monoisotopic (exact) mass is 1960 g/mol. The van der Waals surface area contributed by atoms with E-state index in [0.29, 0.717) is 0 Å². The van der Waals surface area contributed by atoms with Crippen LogP contribution in [0.15, 0.2) is 302 Å². The minimum absolute atomic E-state index is 0.893. The molecule has 0 N–H and O–H groups in total. The van der Waals surface area contributed by atoms with Crippen molar-refractivity contribution in [1.29, 1.82) is 0 Å². The quantitative estimate of drug-likeness (QED) is 0.0268. The van der Waals surface area contributed by atoms with Crippen LogP contribution in [0.2, 0.25) is 0 Å². The molecular weight excluding hydrogens is 1790 g/mol. The van der Waals surface area contributed by atoms with Crippen molar-refractivity contribution in [1.82, 2.24) is 58.8 Å². The topological polar surface area (TPSA) is 57.3 Å². The second kappa shape index (κ2) is 78.1. The van der Waals surface area contributed by atoms with Crippen LogP contribution >= 0.6 is 70.6 Å². The van der Waals surface area contributed by atoms with E-state index in [0.717, 1.165) is 85.3 Å². The molecule has 9 aromatic carbocycles. The van der Waals surface area contributed by atoms with Crippen LogP contribution in [-0.4, -0.2) is 339 Å². The maximum Gasteiger partial charge on any atom is 0.0594 e. The van der Waals surface area contributed by atoms with Crippen molar-refractivity contribution in [2.75, 3.05) is 280 Å². The Labute approximate surface area is 854 Å². The highest BCUT2D eigenvalue weighted by Gasteiger charge is 2.18. The standard InChI is InChI=1S/C23H32N2OS.C23H32N2S.C21H30N2S.C17H28N2OS.C17H28N2S.C15H26N2S/c1-3-9-22(10-4-1)21-25(14-7-13-24-16-18-26-19-17-24)15-8-20-27-23-11-5-2-6-12-23;1-3-11-22(12-4-1)21-25(18-9-17-24-15-7-8-16-24)19-10-20-26-23-13-5-2-6-14-23;1-22(2)15-9-16-23(19-20-11-5-3-6-12-20)17-10-18-24-21-13-7-4-8-14-21;1-18(9-5-11-19-12-14-20-15-13-19)10-6-16-21-17-7-3-2-4-8-17;1-18(11-7-15-19-13-5-6-14-19)12-8-16-20-17-9-3-2-4-10-17;1-16(2)11-7-12-17(3)13-8-14-18-15-9-5-4-6-10-15/h1-6,9-12H,7-8,13-21H2;1-6,11-14H,7-10,15-21H2;3-8,11-14H,9-10,15-19H2,1-2H3;2-4,7-8H,5-6,9-16H2,1H3;2-4,9-10H,5-8,11-16H2,1H3;4-6,9-10H,7-8,11-14H2,1-3H3. The number of likely N-dealkylation sites (tertiary alicyclic amines) is 2. The fourth-order valence-corrected chi connectivity index (χ4v) is 22.0. The highest BCUT2D eigenvalue weighted by Crippen LogP contribution is 2.25. The van der Waals surface area contributed by atoms with Gasteiger partial charge in [0.1, 0.15) is 0 Å². The van der Waals surface area contributed by atoms with Crippen molar-refractivity contribution in [3.8, 4) is 0 Å². The molecule has 0 spiro atoms. The molecule has 748 valence electrons. The Morgan fingerprint density at radius 1 is 0.206 bits per heavy atom. The van der Waals surface area contributed by atoms with Gasteiger partial charge >= 0.3 is 0 Å². The van der Waals surface area contributed by atoms with Gasteiger partial charge < -0.3 is 43.8 Å². The SMILES string of the molecule is CN(C)CCCN(C)CCCSc1ccccc1.CN(C)CCCN(CCCSc1ccccc1)Cc1ccccc1.CN(CCCSc1ccccc1)CCCN1CCCC1.CN(CCCSc1ccccc1)CCCN1CCOCC1.c1ccc(CN(CCCSc2ccccc2)CCCN2CCCC2)cc1.c1ccc(CN(CCCSc2ccccc2)CCCN2CCOCC2)cc1. The van der Waals surface area contributed by atoms with E-state index in [-0.39, 0.29) is 0 Å². The number of benzene rings is 9. The van der Waals surface area contributed by atoms with Gasteiger partial charge in [-0.1, -0.05) is 200 Å². The van der Waals surface area contributed by atoms with Crippen molar-refractivity contribution in [2.45, 2.75) is 152 Å². The second-order valence-corrected chi connectivity index (χ2v) is 44.0. The van der Waals surface area contributed by atoms with Gasteiger partial charge in [-0.3, -0.25) is 24.5 Å². The molecule has 13 rings (SSSR count). The van der Waals surface area contributed by atoms with Crippen LogP contribution < -0.4 is 0 Å². The first kappa shape index (κ1) is 116. The molecular formula is C116H176N12O2S6. The molecule has 0 aliphatic carbocycles. The molecule has 9 aromatic rings. The van der Waals surface area contributed by atoms with Gasteiger partial charge in [-0.2, -0.15) is 0 Å². The zero-order valence-corrected chi connectivity index (χ0v) is 89.9. The lowest BCUT2D eigenvalue weighted by molar-refractivity contribution is 0.0360. The predicted octanol–water partition coefficient (Wildman–Crippen LogP) is 23.6. The van der Waals surface area contributed by atoms with Crippen molar-refractivity contribution >= 4 is 70.6 Å². The molecule has 0 atom stereocenters. The normalized spacial score (nSPS) is 14.3. The molecule has 0 bridgehead atoms. The van der Waals surface area contributed by atoms with Crippen molar-refractivity contribution in [2.24, 2.45) is 0 Å². The van der Waals surface area contributed by atoms with Crippen molar-refractivity contribution < 1.29 is 9.47 Å². The van der Waals surface area contributed by atoms with E-state index in [9.17, 15) is 0 Å². The second-order valence-electron chi connectivity index (χ2n) is 37.0. The van der Waals surface area contributed by atoms with Gasteiger partial charge in [-0.15, -0.1) is 70.6 Å². The highest BCUT2D eigenvalue weighted by molar-refractivity contribution is 8.00. The van der Waals surface area contributed by atoms with Crippen LogP contribution in [0.25, 0.3) is 0 Å². The molecule has 0 saturated carbocycles. The summed E-state index contributed by atoms with van der Waals surface area (Å²) in [7, 11) is 15.3. The Balaban J connectivity index is 0.000000202. The van der Waals surface area contributed by atoms with Crippen LogP contribution in [0, 0.1) is 0 Å². The van der Waals surface area contributed by atoms with E-state index < -0.39 is 0 Å². The molecule has 4 aliphatic rings. The summed E-state index contributed by atoms with van der Waals surface area (Å²) in [5.41, 5.74) is 4.27. The van der Waals surface area contributed by atoms with Gasteiger partial charge in [-0.05, 0) is 420 Å². The first-order chi connectivity index (χ1) is 66.9. The van der Waals surface area contributed by atoms with Crippen LogP contribution in [0.5, 0.6) is 0 Å². The fraction of sp³-hybridized carbons (Fsp3) is 0.534. The zero-order valence-electron chi connectivity index (χ0n) is 85.0. The lowest BCUT2D eigenvalue weighted by Crippen LogP contribution is -2.38. The summed E-state index contributed by atoms with van der Waals surface area (Å²) in [5.74, 6) is 7.20. The van der Waals surface area contributed by atoms with Gasteiger partial charge in [0, 0.05) is 75.2 Å². The van der Waals surface area contributed by atoms with E-state index in [4.69, 9.17) is 9.47 Å². The van der Waals surface area contributed by atoms with Gasteiger partial charge in [0.05, 0.1) is 26.4 Å². The molecule has 4 fully saturated rings. The summed E-state index contributed by atoms with van der Waals surface area (Å²) in [4.78, 5) is 38.4. The third-order valence-electron chi connectivity index (χ3n) is 24.5. The third kappa shape index (κ3) is 60.1. The first-order valence-corrected chi connectivity index (χ1v) is 57.6. The number of ether oxygens (including phenoxy) is 2. The number of thioether (sulfide) groups is 6. The third-order valence-corrected chi connectivity index (χ3v) is 31.1. The Bertz CT molecular complexity index is 4140. The number of hydrogen-bond acceptors (Lipinski definition) is 20. The van der Waals surface area contributed by atoms with Crippen molar-refractivity contribution in [3.05, 3.63) is 290 Å². The molecule has 0 amide bonds. The smallest absolute Gasteiger partial charge is 0.0594 e. The lowest BCUT2D eigenvalue weighted by Gasteiger charge is -2.28. The van der Waals surface area contributed by atoms with Gasteiger partial charge in [0.25, 0.3) is 0 Å². The lowest BCUT2D eigenvalue weighted by atomic mass is 10.2. The average Bonchev–Trinajstić information content (AvgIpc) is 1.62. The van der Waals surface area contributed by atoms with E-state index >= 15 is 0 Å². The molecule has 20 heteroatoms. The molecule has 0 unspecified atom stereocenters. The summed E-state index contributed by atoms with van der Waals surface area (Å²) in [5, 5.41) is 0.